The lowest BCUT2D eigenvalue weighted by atomic mass is 10.00. The van der Waals surface area contributed by atoms with E-state index < -0.39 is 39.8 Å². The number of nitrogens with one attached hydrogen (secondary N) is 3. The maximum atomic E-state index is 13.7. The van der Waals surface area contributed by atoms with Crippen molar-refractivity contribution in [1.82, 2.24) is 16.0 Å². The summed E-state index contributed by atoms with van der Waals surface area (Å²) in [4.78, 5) is 40.1. The van der Waals surface area contributed by atoms with E-state index in [9.17, 15) is 22.8 Å². The summed E-state index contributed by atoms with van der Waals surface area (Å²) in [5.41, 5.74) is 2.30. The molecule has 0 spiro atoms. The van der Waals surface area contributed by atoms with Crippen LogP contribution in [0, 0.1) is 11.8 Å². The first kappa shape index (κ1) is 37.0. The van der Waals surface area contributed by atoms with Crippen LogP contribution < -0.4 is 16.0 Å². The van der Waals surface area contributed by atoms with Gasteiger partial charge in [-0.1, -0.05) is 107 Å². The Balaban J connectivity index is 1.75. The van der Waals surface area contributed by atoms with E-state index in [0.717, 1.165) is 11.1 Å². The van der Waals surface area contributed by atoms with Gasteiger partial charge in [-0.3, -0.25) is 9.59 Å². The van der Waals surface area contributed by atoms with Crippen LogP contribution in [0.4, 0.5) is 4.79 Å². The van der Waals surface area contributed by atoms with Gasteiger partial charge in [0.05, 0.1) is 10.6 Å². The van der Waals surface area contributed by atoms with Crippen molar-refractivity contribution in [1.29, 1.82) is 0 Å². The maximum absolute atomic E-state index is 13.7. The third-order valence-corrected chi connectivity index (χ3v) is 8.93. The Kier molecular flexibility index (Phi) is 14.7. The summed E-state index contributed by atoms with van der Waals surface area (Å²) in [6.45, 7) is 7.80. The van der Waals surface area contributed by atoms with Gasteiger partial charge >= 0.3 is 6.09 Å². The summed E-state index contributed by atoms with van der Waals surface area (Å²) in [6.07, 6.45) is 2.42. The fraction of sp³-hybridized carbons (Fsp3) is 0.378. The molecule has 0 fully saturated rings. The Labute approximate surface area is 279 Å². The Morgan fingerprint density at radius 1 is 0.702 bits per heavy atom. The highest BCUT2D eigenvalue weighted by atomic mass is 32.2. The SMILES string of the molecule is CC(C)C[C@H](NC(=O)OCc1ccccc1)C(=O)N[C@@H](CC(C)C)C(=O)N/C(=C/CS(=O)(=O)c1ccccc1)CCc1ccccc1. The van der Waals surface area contributed by atoms with E-state index in [4.69, 9.17) is 4.74 Å². The van der Waals surface area contributed by atoms with E-state index in [0.29, 0.717) is 31.4 Å². The van der Waals surface area contributed by atoms with Crippen LogP contribution in [0.3, 0.4) is 0 Å². The minimum atomic E-state index is -3.64. The number of carbonyl (C=O) groups excluding carboxylic acids is 3. The zero-order valence-electron chi connectivity index (χ0n) is 27.6. The summed E-state index contributed by atoms with van der Waals surface area (Å²) in [5, 5.41) is 8.42. The number of amides is 3. The zero-order chi connectivity index (χ0) is 34.2. The van der Waals surface area contributed by atoms with Gasteiger partial charge in [-0.15, -0.1) is 0 Å². The predicted molar refractivity (Wildman–Crippen MR) is 184 cm³/mol. The smallest absolute Gasteiger partial charge is 0.408 e. The van der Waals surface area contributed by atoms with Gasteiger partial charge in [-0.25, -0.2) is 13.2 Å². The molecule has 2 atom stereocenters. The standard InChI is InChI=1S/C37H47N3O6S/c1-27(2)24-33(39-36(42)34(25-28(3)4)40-37(43)46-26-30-16-10-6-11-17-30)35(41)38-31(21-20-29-14-8-5-9-15-29)22-23-47(44,45)32-18-12-7-13-19-32/h5-19,22,27-28,33-34H,20-21,23-26H2,1-4H3,(H,38,41)(H,39,42)(H,40,43)/b31-22+/t33-,34-/m0/s1. The topological polar surface area (TPSA) is 131 Å². The number of allylic oxidation sites excluding steroid dienone is 1. The highest BCUT2D eigenvalue weighted by Crippen LogP contribution is 2.15. The number of sulfone groups is 1. The summed E-state index contributed by atoms with van der Waals surface area (Å²) in [6, 6.07) is 25.2. The molecule has 0 unspecified atom stereocenters. The van der Waals surface area contributed by atoms with Crippen LogP contribution in [0.5, 0.6) is 0 Å². The van der Waals surface area contributed by atoms with Gasteiger partial charge in [0.2, 0.25) is 11.8 Å². The molecule has 9 nitrogen and oxygen atoms in total. The number of benzene rings is 3. The van der Waals surface area contributed by atoms with E-state index in [1.807, 2.05) is 88.4 Å². The van der Waals surface area contributed by atoms with Gasteiger partial charge in [0.1, 0.15) is 18.7 Å². The lowest BCUT2D eigenvalue weighted by molar-refractivity contribution is -0.130. The second kappa shape index (κ2) is 18.6. The maximum Gasteiger partial charge on any atom is 0.408 e. The highest BCUT2D eigenvalue weighted by Gasteiger charge is 2.29. The first-order valence-corrected chi connectivity index (χ1v) is 17.7. The van der Waals surface area contributed by atoms with Crippen molar-refractivity contribution >= 4 is 27.7 Å². The minimum absolute atomic E-state index is 0.0496. The van der Waals surface area contributed by atoms with Gasteiger partial charge in [0.15, 0.2) is 9.84 Å². The number of alkyl carbamates (subject to hydrolysis) is 1. The van der Waals surface area contributed by atoms with Crippen molar-refractivity contribution in [3.05, 3.63) is 114 Å². The van der Waals surface area contributed by atoms with Crippen LogP contribution in [0.2, 0.25) is 0 Å². The summed E-state index contributed by atoms with van der Waals surface area (Å²) in [7, 11) is -3.64. The van der Waals surface area contributed by atoms with Gasteiger partial charge in [-0.05, 0) is 66.9 Å². The average molecular weight is 662 g/mol. The Morgan fingerprint density at radius 3 is 1.77 bits per heavy atom. The van der Waals surface area contributed by atoms with Crippen LogP contribution in [-0.4, -0.2) is 44.2 Å². The van der Waals surface area contributed by atoms with Crippen molar-refractivity contribution in [2.75, 3.05) is 5.75 Å². The molecule has 3 aromatic carbocycles. The summed E-state index contributed by atoms with van der Waals surface area (Å²) < 4.78 is 31.4. The number of rotatable bonds is 17. The Morgan fingerprint density at radius 2 is 1.21 bits per heavy atom. The molecule has 0 saturated heterocycles. The van der Waals surface area contributed by atoms with Crippen molar-refractivity contribution < 1.29 is 27.5 Å². The first-order chi connectivity index (χ1) is 22.4. The van der Waals surface area contributed by atoms with E-state index in [-0.39, 0.29) is 29.1 Å². The van der Waals surface area contributed by atoms with Crippen molar-refractivity contribution in [3.63, 3.8) is 0 Å². The van der Waals surface area contributed by atoms with Crippen LogP contribution in [-0.2, 0) is 37.2 Å². The van der Waals surface area contributed by atoms with Gasteiger partial charge in [-0.2, -0.15) is 0 Å². The van der Waals surface area contributed by atoms with E-state index in [1.165, 1.54) is 6.08 Å². The number of aryl methyl sites for hydroxylation is 1. The molecular weight excluding hydrogens is 614 g/mol. The molecule has 3 N–H and O–H groups in total. The molecule has 3 aromatic rings. The van der Waals surface area contributed by atoms with Crippen LogP contribution >= 0.6 is 0 Å². The largest absolute Gasteiger partial charge is 0.445 e. The van der Waals surface area contributed by atoms with Crippen molar-refractivity contribution in [2.24, 2.45) is 11.8 Å². The molecule has 252 valence electrons. The molecule has 0 bridgehead atoms. The predicted octanol–water partition coefficient (Wildman–Crippen LogP) is 5.97. The number of hydrogen-bond acceptors (Lipinski definition) is 6. The number of carbonyl (C=O) groups is 3. The fourth-order valence-electron chi connectivity index (χ4n) is 4.90. The Hall–Kier alpha value is -4.44. The van der Waals surface area contributed by atoms with E-state index in [2.05, 4.69) is 16.0 Å². The molecule has 10 heteroatoms. The summed E-state index contributed by atoms with van der Waals surface area (Å²) in [5.74, 6) is -1.14. The molecule has 0 saturated carbocycles. The Bertz CT molecular complexity index is 1560. The normalized spacial score (nSPS) is 13.1. The molecule has 0 radical (unpaired) electrons. The number of ether oxygens (including phenoxy) is 1. The van der Waals surface area contributed by atoms with Crippen molar-refractivity contribution in [2.45, 2.75) is 77.0 Å². The van der Waals surface area contributed by atoms with Crippen molar-refractivity contribution in [3.8, 4) is 0 Å². The van der Waals surface area contributed by atoms with Crippen LogP contribution in [0.1, 0.15) is 58.1 Å². The monoisotopic (exact) mass is 661 g/mol. The molecule has 0 aromatic heterocycles. The van der Waals surface area contributed by atoms with Crippen LogP contribution in [0.25, 0.3) is 0 Å². The fourth-order valence-corrected chi connectivity index (χ4v) is 6.09. The molecular formula is C37H47N3O6S. The molecule has 0 heterocycles. The lowest BCUT2D eigenvalue weighted by Crippen LogP contribution is -2.54. The molecule has 3 amide bonds. The molecule has 3 rings (SSSR count). The molecule has 0 aliphatic heterocycles. The van der Waals surface area contributed by atoms with E-state index in [1.54, 1.807) is 30.3 Å². The highest BCUT2D eigenvalue weighted by molar-refractivity contribution is 7.91. The second-order valence-electron chi connectivity index (χ2n) is 12.4. The van der Waals surface area contributed by atoms with Gasteiger partial charge in [0, 0.05) is 5.70 Å². The van der Waals surface area contributed by atoms with Crippen LogP contribution in [0.15, 0.2) is 108 Å². The zero-order valence-corrected chi connectivity index (χ0v) is 28.5. The minimum Gasteiger partial charge on any atom is -0.445 e. The van der Waals surface area contributed by atoms with E-state index >= 15 is 0 Å². The first-order valence-electron chi connectivity index (χ1n) is 16.0. The van der Waals surface area contributed by atoms with Gasteiger partial charge < -0.3 is 20.7 Å². The number of hydrogen-bond donors (Lipinski definition) is 3. The lowest BCUT2D eigenvalue weighted by Gasteiger charge is -2.25. The second-order valence-corrected chi connectivity index (χ2v) is 14.4. The molecule has 0 aliphatic rings. The quantitative estimate of drug-likeness (QED) is 0.164. The molecule has 0 aliphatic carbocycles. The third-order valence-electron chi connectivity index (χ3n) is 7.33. The summed E-state index contributed by atoms with van der Waals surface area (Å²) >= 11 is 0. The third kappa shape index (κ3) is 13.4. The van der Waals surface area contributed by atoms with Gasteiger partial charge in [0.25, 0.3) is 0 Å². The molecule has 47 heavy (non-hydrogen) atoms. The average Bonchev–Trinajstić information content (AvgIpc) is 3.05.